The van der Waals surface area contributed by atoms with Crippen molar-refractivity contribution in [2.75, 3.05) is 31.4 Å². The van der Waals surface area contributed by atoms with Crippen molar-refractivity contribution >= 4 is 27.1 Å². The van der Waals surface area contributed by atoms with Crippen molar-refractivity contribution in [3.05, 3.63) is 48.0 Å². The first-order valence-electron chi connectivity index (χ1n) is 9.25. The average molecular weight is 405 g/mol. The summed E-state index contributed by atoms with van der Waals surface area (Å²) in [5, 5.41) is 2.33. The van der Waals surface area contributed by atoms with Crippen LogP contribution in [0.15, 0.2) is 47.4 Å². The third kappa shape index (κ3) is 4.65. The van der Waals surface area contributed by atoms with E-state index in [1.807, 2.05) is 38.9 Å². The third-order valence-electron chi connectivity index (χ3n) is 4.72. The summed E-state index contributed by atoms with van der Waals surface area (Å²) < 4.78 is 31.0. The van der Waals surface area contributed by atoms with Crippen molar-refractivity contribution in [1.82, 2.24) is 0 Å². The van der Waals surface area contributed by atoms with Crippen LogP contribution in [0.2, 0.25) is 0 Å². The Balaban J connectivity index is 2.39. The van der Waals surface area contributed by atoms with Crippen LogP contribution in [-0.4, -0.2) is 40.8 Å². The molecule has 152 valence electrons. The maximum Gasteiger partial charge on any atom is 0.255 e. The summed E-state index contributed by atoms with van der Waals surface area (Å²) in [7, 11) is 1.79. The topological polar surface area (TPSA) is 75.7 Å². The van der Waals surface area contributed by atoms with Crippen LogP contribution in [0.4, 0.5) is 11.4 Å². The minimum atomic E-state index is -3.48. The minimum Gasteiger partial charge on any atom is -0.495 e. The van der Waals surface area contributed by atoms with E-state index >= 15 is 0 Å². The van der Waals surface area contributed by atoms with Crippen LogP contribution in [-0.2, 0) is 9.84 Å². The Morgan fingerprint density at radius 3 is 2.36 bits per heavy atom. The number of rotatable bonds is 8. The fourth-order valence-electron chi connectivity index (χ4n) is 3.00. The van der Waals surface area contributed by atoms with Crippen LogP contribution >= 0.6 is 0 Å². The lowest BCUT2D eigenvalue weighted by atomic mass is 10.1. The number of nitrogens with one attached hydrogen (secondary N) is 1. The fraction of sp³-hybridized carbons (Fsp3) is 0.381. The molecule has 28 heavy (non-hydrogen) atoms. The molecule has 0 spiro atoms. The molecule has 0 bridgehead atoms. The second kappa shape index (κ2) is 9.10. The molecule has 0 aliphatic rings. The average Bonchev–Trinajstić information content (AvgIpc) is 2.68. The highest BCUT2D eigenvalue weighted by atomic mass is 32.2. The number of ether oxygens (including phenoxy) is 1. The lowest BCUT2D eigenvalue weighted by molar-refractivity contribution is 0.102. The number of carbonyl (C=O) groups excluding carboxylic acids is 1. The van der Waals surface area contributed by atoms with Gasteiger partial charge in [-0.2, -0.15) is 0 Å². The zero-order chi connectivity index (χ0) is 20.9. The number of anilines is 2. The molecule has 0 aliphatic carbocycles. The number of amides is 1. The van der Waals surface area contributed by atoms with Crippen LogP contribution in [0.3, 0.4) is 0 Å². The molecule has 0 heterocycles. The molecular formula is C21H28N2O4S. The van der Waals surface area contributed by atoms with Crippen molar-refractivity contribution in [2.45, 2.75) is 36.8 Å². The summed E-state index contributed by atoms with van der Waals surface area (Å²) in [6, 6.07) is 11.7. The zero-order valence-electron chi connectivity index (χ0n) is 17.0. The van der Waals surface area contributed by atoms with Crippen molar-refractivity contribution in [1.29, 1.82) is 0 Å². The molecule has 7 heteroatoms. The Morgan fingerprint density at radius 1 is 1.11 bits per heavy atom. The maximum atomic E-state index is 12.9. The second-order valence-electron chi connectivity index (χ2n) is 6.74. The predicted molar refractivity (Wildman–Crippen MR) is 113 cm³/mol. The Hall–Kier alpha value is -2.54. The van der Waals surface area contributed by atoms with Crippen LogP contribution < -0.4 is 15.0 Å². The Bertz CT molecular complexity index is 935. The number of methoxy groups -OCH3 is 1. The lowest BCUT2D eigenvalue weighted by Crippen LogP contribution is -2.20. The van der Waals surface area contributed by atoms with E-state index in [0.717, 1.165) is 5.69 Å². The van der Waals surface area contributed by atoms with Gasteiger partial charge in [-0.25, -0.2) is 8.42 Å². The molecule has 0 aliphatic heterocycles. The van der Waals surface area contributed by atoms with E-state index in [4.69, 9.17) is 4.74 Å². The predicted octanol–water partition coefficient (Wildman–Crippen LogP) is 3.98. The van der Waals surface area contributed by atoms with Crippen LogP contribution in [0.1, 0.15) is 37.0 Å². The molecule has 1 amide bonds. The lowest BCUT2D eigenvalue weighted by Gasteiger charge is -2.17. The number of hydrogen-bond acceptors (Lipinski definition) is 5. The van der Waals surface area contributed by atoms with E-state index in [-0.39, 0.29) is 10.8 Å². The van der Waals surface area contributed by atoms with E-state index in [0.29, 0.717) is 29.8 Å². The molecular weight excluding hydrogens is 376 g/mol. The van der Waals surface area contributed by atoms with Gasteiger partial charge in [-0.15, -0.1) is 0 Å². The van der Waals surface area contributed by atoms with Crippen molar-refractivity contribution in [3.63, 3.8) is 0 Å². The van der Waals surface area contributed by atoms with Crippen LogP contribution in [0.25, 0.3) is 0 Å². The van der Waals surface area contributed by atoms with E-state index in [1.54, 1.807) is 24.3 Å². The standard InChI is InChI=1S/C21H28N2O4S/c1-6-17(7-2)28(25,26)18-11-12-20(27-5)19(14-18)22-21(24)15-9-8-10-16(13-15)23(3)4/h8-14,17H,6-7H2,1-5H3,(H,22,24). The van der Waals surface area contributed by atoms with Crippen molar-refractivity contribution in [2.24, 2.45) is 0 Å². The summed E-state index contributed by atoms with van der Waals surface area (Å²) in [4.78, 5) is 14.8. The largest absolute Gasteiger partial charge is 0.495 e. The second-order valence-corrected chi connectivity index (χ2v) is 8.97. The normalized spacial score (nSPS) is 11.4. The molecule has 6 nitrogen and oxygen atoms in total. The number of carbonyl (C=O) groups is 1. The van der Waals surface area contributed by atoms with Gasteiger partial charge >= 0.3 is 0 Å². The maximum absolute atomic E-state index is 12.9. The smallest absolute Gasteiger partial charge is 0.255 e. The SMILES string of the molecule is CCC(CC)S(=O)(=O)c1ccc(OC)c(NC(=O)c2cccc(N(C)C)c2)c1. The van der Waals surface area contributed by atoms with E-state index in [2.05, 4.69) is 5.32 Å². The number of nitrogens with zero attached hydrogens (tertiary/aromatic N) is 1. The highest BCUT2D eigenvalue weighted by molar-refractivity contribution is 7.92. The molecule has 0 fully saturated rings. The third-order valence-corrected chi connectivity index (χ3v) is 7.18. The molecule has 0 unspecified atom stereocenters. The van der Waals surface area contributed by atoms with Gasteiger partial charge in [-0.3, -0.25) is 4.79 Å². The molecule has 0 atom stereocenters. The highest BCUT2D eigenvalue weighted by Crippen LogP contribution is 2.31. The Morgan fingerprint density at radius 2 is 1.79 bits per heavy atom. The first-order chi connectivity index (χ1) is 13.2. The van der Waals surface area contributed by atoms with Gasteiger partial charge in [0.2, 0.25) is 0 Å². The molecule has 0 saturated heterocycles. The molecule has 2 aromatic carbocycles. The molecule has 1 N–H and O–H groups in total. The number of hydrogen-bond donors (Lipinski definition) is 1. The molecule has 2 rings (SSSR count). The first-order valence-corrected chi connectivity index (χ1v) is 10.8. The van der Waals surface area contributed by atoms with E-state index in [9.17, 15) is 13.2 Å². The Kier molecular flexibility index (Phi) is 7.07. The molecule has 0 aromatic heterocycles. The fourth-order valence-corrected chi connectivity index (χ4v) is 4.80. The van der Waals surface area contributed by atoms with E-state index in [1.165, 1.54) is 19.2 Å². The van der Waals surface area contributed by atoms with Gasteiger partial charge < -0.3 is 15.0 Å². The van der Waals surface area contributed by atoms with Crippen molar-refractivity contribution < 1.29 is 17.9 Å². The van der Waals surface area contributed by atoms with Gasteiger partial charge in [0.05, 0.1) is 22.9 Å². The Labute approximate surface area is 167 Å². The summed E-state index contributed by atoms with van der Waals surface area (Å²) in [5.74, 6) is 0.0692. The number of benzene rings is 2. The first kappa shape index (κ1) is 21.8. The molecule has 0 radical (unpaired) electrons. The summed E-state index contributed by atoms with van der Waals surface area (Å²) in [6.07, 6.45) is 1.06. The monoisotopic (exact) mass is 404 g/mol. The quantitative estimate of drug-likeness (QED) is 0.720. The van der Waals surface area contributed by atoms with Crippen LogP contribution in [0.5, 0.6) is 5.75 Å². The highest BCUT2D eigenvalue weighted by Gasteiger charge is 2.25. The van der Waals surface area contributed by atoms with Crippen molar-refractivity contribution in [3.8, 4) is 5.75 Å². The zero-order valence-corrected chi connectivity index (χ0v) is 17.8. The van der Waals surface area contributed by atoms with E-state index < -0.39 is 15.1 Å². The molecule has 2 aromatic rings. The number of sulfone groups is 1. The minimum absolute atomic E-state index is 0.180. The van der Waals surface area contributed by atoms with Gasteiger partial charge in [0, 0.05) is 25.3 Å². The summed E-state index contributed by atoms with van der Waals surface area (Å²) in [5.41, 5.74) is 1.70. The van der Waals surface area contributed by atoms with Gasteiger partial charge in [-0.05, 0) is 49.2 Å². The van der Waals surface area contributed by atoms with Crippen LogP contribution in [0, 0.1) is 0 Å². The van der Waals surface area contributed by atoms with Gasteiger partial charge in [0.25, 0.3) is 5.91 Å². The molecule has 0 saturated carbocycles. The van der Waals surface area contributed by atoms with Gasteiger partial charge in [0.15, 0.2) is 9.84 Å². The summed E-state index contributed by atoms with van der Waals surface area (Å²) in [6.45, 7) is 3.71. The summed E-state index contributed by atoms with van der Waals surface area (Å²) >= 11 is 0. The van der Waals surface area contributed by atoms with Gasteiger partial charge in [0.1, 0.15) is 5.75 Å². The van der Waals surface area contributed by atoms with Gasteiger partial charge in [-0.1, -0.05) is 19.9 Å².